The van der Waals surface area contributed by atoms with Crippen LogP contribution in [0.25, 0.3) is 10.8 Å². The molecule has 0 spiro atoms. The van der Waals surface area contributed by atoms with Gasteiger partial charge in [-0.15, -0.1) is 0 Å². The van der Waals surface area contributed by atoms with Gasteiger partial charge in [0.25, 0.3) is 0 Å². The van der Waals surface area contributed by atoms with Crippen LogP contribution in [0.2, 0.25) is 0 Å². The molecule has 0 heterocycles. The van der Waals surface area contributed by atoms with Crippen LogP contribution in [0.1, 0.15) is 5.56 Å². The highest BCUT2D eigenvalue weighted by molar-refractivity contribution is 5.85. The summed E-state index contributed by atoms with van der Waals surface area (Å²) in [6.07, 6.45) is 0.970. The van der Waals surface area contributed by atoms with Crippen molar-refractivity contribution in [1.82, 2.24) is 5.43 Å². The molecule has 0 aliphatic rings. The molecular weight excluding hydrogens is 172 g/mol. The maximum absolute atomic E-state index is 5.27. The monoisotopic (exact) mass is 186 g/mol. The van der Waals surface area contributed by atoms with Gasteiger partial charge in [-0.05, 0) is 22.8 Å². The van der Waals surface area contributed by atoms with Gasteiger partial charge in [0.15, 0.2) is 0 Å². The van der Waals surface area contributed by atoms with E-state index in [1.54, 1.807) is 0 Å². The summed E-state index contributed by atoms with van der Waals surface area (Å²) in [6, 6.07) is 14.8. The zero-order valence-electron chi connectivity index (χ0n) is 8.03. The molecule has 2 nitrogen and oxygen atoms in total. The van der Waals surface area contributed by atoms with Gasteiger partial charge in [-0.25, -0.2) is 0 Å². The Morgan fingerprint density at radius 1 is 1.00 bits per heavy atom. The van der Waals surface area contributed by atoms with Crippen molar-refractivity contribution in [2.45, 2.75) is 6.42 Å². The van der Waals surface area contributed by atoms with Gasteiger partial charge < -0.3 is 0 Å². The normalized spacial score (nSPS) is 10.6. The molecule has 14 heavy (non-hydrogen) atoms. The minimum atomic E-state index is 0.813. The molecule has 2 aromatic rings. The molecule has 2 heteroatoms. The summed E-state index contributed by atoms with van der Waals surface area (Å²) in [5.41, 5.74) is 4.03. The van der Waals surface area contributed by atoms with E-state index in [-0.39, 0.29) is 0 Å². The van der Waals surface area contributed by atoms with Crippen molar-refractivity contribution >= 4 is 10.8 Å². The molecule has 0 aliphatic carbocycles. The standard InChI is InChI=1S/C12H14N2/c13-14-9-8-11-6-3-5-10-4-1-2-7-12(10)11/h1-7,14H,8-9,13H2. The minimum absolute atomic E-state index is 0.813. The first-order valence-electron chi connectivity index (χ1n) is 4.82. The average molecular weight is 186 g/mol. The lowest BCUT2D eigenvalue weighted by Gasteiger charge is -2.05. The van der Waals surface area contributed by atoms with Crippen LogP contribution >= 0.6 is 0 Å². The maximum atomic E-state index is 5.27. The van der Waals surface area contributed by atoms with Crippen LogP contribution in [-0.2, 0) is 6.42 Å². The van der Waals surface area contributed by atoms with E-state index >= 15 is 0 Å². The molecule has 0 aliphatic heterocycles. The number of nitrogens with two attached hydrogens (primary N) is 1. The predicted molar refractivity (Wildman–Crippen MR) is 59.8 cm³/mol. The van der Waals surface area contributed by atoms with E-state index in [0.29, 0.717) is 0 Å². The third-order valence-corrected chi connectivity index (χ3v) is 2.42. The van der Waals surface area contributed by atoms with Crippen LogP contribution in [0.15, 0.2) is 42.5 Å². The Kier molecular flexibility index (Phi) is 2.77. The fraction of sp³-hybridized carbons (Fsp3) is 0.167. The fourth-order valence-electron chi connectivity index (χ4n) is 1.72. The molecule has 0 radical (unpaired) electrons. The van der Waals surface area contributed by atoms with Crippen LogP contribution in [0, 0.1) is 0 Å². The number of nitrogens with one attached hydrogen (secondary N) is 1. The van der Waals surface area contributed by atoms with E-state index in [4.69, 9.17) is 5.84 Å². The number of fused-ring (bicyclic) bond motifs is 1. The number of hydrogen-bond donors (Lipinski definition) is 2. The molecule has 2 aromatic carbocycles. The van der Waals surface area contributed by atoms with Crippen molar-refractivity contribution in [2.24, 2.45) is 5.84 Å². The molecule has 0 saturated carbocycles. The molecular formula is C12H14N2. The first kappa shape index (κ1) is 9.19. The van der Waals surface area contributed by atoms with E-state index in [1.165, 1.54) is 16.3 Å². The Morgan fingerprint density at radius 3 is 2.64 bits per heavy atom. The molecule has 0 saturated heterocycles. The number of benzene rings is 2. The highest BCUT2D eigenvalue weighted by Gasteiger charge is 1.98. The molecule has 2 rings (SSSR count). The summed E-state index contributed by atoms with van der Waals surface area (Å²) in [6.45, 7) is 0.813. The number of hydrazine groups is 1. The molecule has 72 valence electrons. The Bertz CT molecular complexity index is 418. The SMILES string of the molecule is NNCCc1cccc2ccccc12. The summed E-state index contributed by atoms with van der Waals surface area (Å²) >= 11 is 0. The highest BCUT2D eigenvalue weighted by atomic mass is 15.2. The lowest BCUT2D eigenvalue weighted by atomic mass is 10.0. The minimum Gasteiger partial charge on any atom is -0.271 e. The van der Waals surface area contributed by atoms with E-state index in [2.05, 4.69) is 47.9 Å². The summed E-state index contributed by atoms with van der Waals surface area (Å²) in [4.78, 5) is 0. The van der Waals surface area contributed by atoms with Gasteiger partial charge in [-0.3, -0.25) is 11.3 Å². The predicted octanol–water partition coefficient (Wildman–Crippen LogP) is 1.85. The van der Waals surface area contributed by atoms with Crippen LogP contribution in [0.4, 0.5) is 0 Å². The van der Waals surface area contributed by atoms with Gasteiger partial charge in [0, 0.05) is 6.54 Å². The fourth-order valence-corrected chi connectivity index (χ4v) is 1.72. The number of hydrogen-bond acceptors (Lipinski definition) is 2. The zero-order chi connectivity index (χ0) is 9.80. The van der Waals surface area contributed by atoms with Crippen molar-refractivity contribution < 1.29 is 0 Å². The van der Waals surface area contributed by atoms with Gasteiger partial charge in [-0.2, -0.15) is 0 Å². The quantitative estimate of drug-likeness (QED) is 0.567. The summed E-state index contributed by atoms with van der Waals surface area (Å²) in [7, 11) is 0. The van der Waals surface area contributed by atoms with Gasteiger partial charge in [-0.1, -0.05) is 42.5 Å². The second kappa shape index (κ2) is 4.22. The van der Waals surface area contributed by atoms with E-state index in [9.17, 15) is 0 Å². The Hall–Kier alpha value is -1.38. The number of rotatable bonds is 3. The van der Waals surface area contributed by atoms with E-state index in [1.807, 2.05) is 0 Å². The molecule has 0 fully saturated rings. The molecule has 0 aromatic heterocycles. The van der Waals surface area contributed by atoms with Gasteiger partial charge in [0.05, 0.1) is 0 Å². The van der Waals surface area contributed by atoms with Gasteiger partial charge in [0.1, 0.15) is 0 Å². The van der Waals surface area contributed by atoms with E-state index < -0.39 is 0 Å². The second-order valence-electron chi connectivity index (χ2n) is 3.34. The first-order chi connectivity index (χ1) is 6.92. The average Bonchev–Trinajstić information content (AvgIpc) is 2.26. The van der Waals surface area contributed by atoms with Crippen LogP contribution in [0.3, 0.4) is 0 Å². The van der Waals surface area contributed by atoms with Crippen molar-refractivity contribution in [3.63, 3.8) is 0 Å². The van der Waals surface area contributed by atoms with Crippen molar-refractivity contribution in [3.8, 4) is 0 Å². The second-order valence-corrected chi connectivity index (χ2v) is 3.34. The van der Waals surface area contributed by atoms with Crippen LogP contribution in [0.5, 0.6) is 0 Å². The molecule has 0 amide bonds. The van der Waals surface area contributed by atoms with Crippen molar-refractivity contribution in [2.75, 3.05) is 6.54 Å². The lowest BCUT2D eigenvalue weighted by Crippen LogP contribution is -2.24. The first-order valence-corrected chi connectivity index (χ1v) is 4.82. The van der Waals surface area contributed by atoms with Crippen molar-refractivity contribution in [3.05, 3.63) is 48.0 Å². The largest absolute Gasteiger partial charge is 0.271 e. The van der Waals surface area contributed by atoms with Gasteiger partial charge in [0.2, 0.25) is 0 Å². The maximum Gasteiger partial charge on any atom is 0.0138 e. The molecule has 0 atom stereocenters. The third-order valence-electron chi connectivity index (χ3n) is 2.42. The summed E-state index contributed by atoms with van der Waals surface area (Å²) in [5, 5.41) is 2.62. The topological polar surface area (TPSA) is 38.0 Å². The molecule has 0 bridgehead atoms. The Labute approximate surface area is 83.7 Å². The van der Waals surface area contributed by atoms with Crippen molar-refractivity contribution in [1.29, 1.82) is 0 Å². The Morgan fingerprint density at radius 2 is 1.79 bits per heavy atom. The summed E-state index contributed by atoms with van der Waals surface area (Å²) in [5.74, 6) is 5.27. The lowest BCUT2D eigenvalue weighted by molar-refractivity contribution is 0.730. The van der Waals surface area contributed by atoms with Gasteiger partial charge >= 0.3 is 0 Å². The third kappa shape index (κ3) is 1.76. The zero-order valence-corrected chi connectivity index (χ0v) is 8.03. The van der Waals surface area contributed by atoms with E-state index in [0.717, 1.165) is 13.0 Å². The van der Waals surface area contributed by atoms with Crippen LogP contribution in [-0.4, -0.2) is 6.54 Å². The van der Waals surface area contributed by atoms with Crippen LogP contribution < -0.4 is 11.3 Å². The Balaban J connectivity index is 2.43. The molecule has 3 N–H and O–H groups in total. The smallest absolute Gasteiger partial charge is 0.0138 e. The summed E-state index contributed by atoms with van der Waals surface area (Å²) < 4.78 is 0. The highest BCUT2D eigenvalue weighted by Crippen LogP contribution is 2.18. The molecule has 0 unspecified atom stereocenters.